The van der Waals surface area contributed by atoms with Gasteiger partial charge in [-0.2, -0.15) is 0 Å². The molecule has 1 saturated heterocycles. The van der Waals surface area contributed by atoms with Gasteiger partial charge in [0, 0.05) is 28.7 Å². The van der Waals surface area contributed by atoms with E-state index in [0.29, 0.717) is 0 Å². The summed E-state index contributed by atoms with van der Waals surface area (Å²) < 4.78 is 2.38. The van der Waals surface area contributed by atoms with Gasteiger partial charge >= 0.3 is 0 Å². The Morgan fingerprint density at radius 2 is 1.61 bits per heavy atom. The zero-order valence-corrected chi connectivity index (χ0v) is 21.5. The van der Waals surface area contributed by atoms with E-state index in [0.717, 1.165) is 16.5 Å². The predicted molar refractivity (Wildman–Crippen MR) is 152 cm³/mol. The number of rotatable bonds is 4. The minimum Gasteiger partial charge on any atom is -0.351 e. The highest BCUT2D eigenvalue weighted by Crippen LogP contribution is 2.44. The van der Waals surface area contributed by atoms with Crippen LogP contribution >= 0.6 is 12.2 Å². The van der Waals surface area contributed by atoms with Crippen LogP contribution in [-0.2, 0) is 0 Å². The lowest BCUT2D eigenvalue weighted by Gasteiger charge is -2.28. The minimum absolute atomic E-state index is 0.0378. The van der Waals surface area contributed by atoms with E-state index < -0.39 is 0 Å². The smallest absolute Gasteiger partial charge is 0.174 e. The number of nitrogens with one attached hydrogen (secondary N) is 1. The summed E-state index contributed by atoms with van der Waals surface area (Å²) in [4.78, 5) is 6.98. The lowest BCUT2D eigenvalue weighted by Crippen LogP contribution is -2.29. The van der Waals surface area contributed by atoms with Crippen LogP contribution in [0.2, 0.25) is 0 Å². The lowest BCUT2D eigenvalue weighted by atomic mass is 9.96. The Hall–Kier alpha value is -3.96. The fraction of sp³-hybridized carbons (Fsp3) is 0.161. The van der Waals surface area contributed by atoms with Crippen LogP contribution in [0.4, 0.5) is 5.69 Å². The van der Waals surface area contributed by atoms with Crippen molar-refractivity contribution in [3.8, 4) is 5.69 Å². The highest BCUT2D eigenvalue weighted by molar-refractivity contribution is 7.80. The number of aryl methyl sites for hydroxylation is 2. The third-order valence-corrected chi connectivity index (χ3v) is 7.49. The van der Waals surface area contributed by atoms with Crippen molar-refractivity contribution in [1.29, 1.82) is 0 Å². The third kappa shape index (κ3) is 3.67. The molecule has 0 bridgehead atoms. The number of benzene rings is 3. The second-order valence-corrected chi connectivity index (χ2v) is 9.88. The van der Waals surface area contributed by atoms with Crippen LogP contribution in [0.1, 0.15) is 40.3 Å². The van der Waals surface area contributed by atoms with Crippen LogP contribution in [0, 0.1) is 20.8 Å². The first-order valence-corrected chi connectivity index (χ1v) is 12.7. The van der Waals surface area contributed by atoms with Crippen molar-refractivity contribution in [2.45, 2.75) is 32.9 Å². The number of hydrogen-bond acceptors (Lipinski definition) is 2. The molecule has 178 valence electrons. The van der Waals surface area contributed by atoms with E-state index in [-0.39, 0.29) is 12.1 Å². The highest BCUT2D eigenvalue weighted by atomic mass is 32.1. The number of hydrogen-bond donors (Lipinski definition) is 1. The minimum atomic E-state index is -0.0688. The van der Waals surface area contributed by atoms with Gasteiger partial charge in [-0.3, -0.25) is 4.98 Å². The molecule has 1 N–H and O–H groups in total. The molecule has 0 aliphatic carbocycles. The molecule has 0 spiro atoms. The van der Waals surface area contributed by atoms with Gasteiger partial charge in [0.25, 0.3) is 0 Å². The fourth-order valence-corrected chi connectivity index (χ4v) is 5.93. The largest absolute Gasteiger partial charge is 0.351 e. The van der Waals surface area contributed by atoms with E-state index in [1.807, 2.05) is 18.3 Å². The van der Waals surface area contributed by atoms with Crippen molar-refractivity contribution in [3.63, 3.8) is 0 Å². The first-order chi connectivity index (χ1) is 17.5. The summed E-state index contributed by atoms with van der Waals surface area (Å²) in [6.07, 6.45) is 1.85. The molecule has 4 nitrogen and oxygen atoms in total. The molecule has 0 amide bonds. The van der Waals surface area contributed by atoms with E-state index in [1.54, 1.807) is 0 Å². The number of thiocarbonyl (C=S) groups is 1. The van der Waals surface area contributed by atoms with Crippen LogP contribution in [0.3, 0.4) is 0 Å². The zero-order valence-electron chi connectivity index (χ0n) is 20.6. The molecule has 2 aromatic heterocycles. The molecular weight excluding hydrogens is 460 g/mol. The number of fused-ring (bicyclic) bond motifs is 1. The maximum atomic E-state index is 5.94. The second-order valence-electron chi connectivity index (χ2n) is 9.50. The van der Waals surface area contributed by atoms with Crippen molar-refractivity contribution in [1.82, 2.24) is 14.9 Å². The van der Waals surface area contributed by atoms with Crippen LogP contribution in [0.15, 0.2) is 97.2 Å². The fourth-order valence-electron chi connectivity index (χ4n) is 5.59. The molecule has 2 atom stereocenters. The summed E-state index contributed by atoms with van der Waals surface area (Å²) in [7, 11) is 0. The Kier molecular flexibility index (Phi) is 5.57. The molecule has 5 heteroatoms. The molecular formula is C31H28N4S. The summed E-state index contributed by atoms with van der Waals surface area (Å²) in [5.41, 5.74) is 8.11. The van der Waals surface area contributed by atoms with Crippen molar-refractivity contribution in [2.75, 3.05) is 4.90 Å². The normalized spacial score (nSPS) is 17.5. The van der Waals surface area contributed by atoms with Gasteiger partial charge in [-0.15, -0.1) is 0 Å². The number of nitrogens with zero attached hydrogens (tertiary/aromatic N) is 3. The molecule has 0 unspecified atom stereocenters. The van der Waals surface area contributed by atoms with E-state index in [4.69, 9.17) is 17.2 Å². The Morgan fingerprint density at radius 3 is 2.42 bits per heavy atom. The van der Waals surface area contributed by atoms with E-state index in [2.05, 4.69) is 114 Å². The van der Waals surface area contributed by atoms with Gasteiger partial charge in [-0.25, -0.2) is 0 Å². The predicted octanol–water partition coefficient (Wildman–Crippen LogP) is 7.13. The summed E-state index contributed by atoms with van der Waals surface area (Å²) in [5.74, 6) is 0. The molecule has 0 saturated carbocycles. The first-order valence-electron chi connectivity index (χ1n) is 12.3. The van der Waals surface area contributed by atoms with Crippen LogP contribution in [0.25, 0.3) is 16.5 Å². The van der Waals surface area contributed by atoms with E-state index >= 15 is 0 Å². The molecule has 1 aliphatic heterocycles. The molecule has 3 heterocycles. The first kappa shape index (κ1) is 22.5. The van der Waals surface area contributed by atoms with Crippen molar-refractivity contribution < 1.29 is 0 Å². The Morgan fingerprint density at radius 1 is 0.833 bits per heavy atom. The Balaban J connectivity index is 1.56. The number of anilines is 1. The standard InChI is InChI=1S/C31H28N4S/c1-20-10-8-13-24(18-20)35-30(29(33-31(35)36)27-15-6-7-17-32-27)26-19-21(2)34(22(26)3)28-16-9-12-23-11-4-5-14-25(23)28/h4-19,29-30H,1-3H3,(H,33,36)/t29-,30+/m0/s1. The third-order valence-electron chi connectivity index (χ3n) is 7.17. The molecule has 36 heavy (non-hydrogen) atoms. The maximum Gasteiger partial charge on any atom is 0.174 e. The summed E-state index contributed by atoms with van der Waals surface area (Å²) >= 11 is 5.94. The molecule has 6 rings (SSSR count). The molecule has 1 fully saturated rings. The summed E-state index contributed by atoms with van der Waals surface area (Å²) in [6, 6.07) is 31.9. The maximum absolute atomic E-state index is 5.94. The van der Waals surface area contributed by atoms with E-state index in [9.17, 15) is 0 Å². The van der Waals surface area contributed by atoms with Crippen LogP contribution < -0.4 is 10.2 Å². The topological polar surface area (TPSA) is 33.1 Å². The second kappa shape index (κ2) is 8.92. The van der Waals surface area contributed by atoms with Crippen molar-refractivity contribution in [3.05, 3.63) is 125 Å². The molecule has 0 radical (unpaired) electrons. The number of pyridine rings is 1. The monoisotopic (exact) mass is 488 g/mol. The van der Waals surface area contributed by atoms with Crippen LogP contribution in [-0.4, -0.2) is 14.7 Å². The van der Waals surface area contributed by atoms with E-state index in [1.165, 1.54) is 39.0 Å². The SMILES string of the molecule is Cc1cccc(N2C(=S)N[C@@H](c3ccccn3)[C@H]2c2cc(C)n(-c3cccc4ccccc34)c2C)c1. The van der Waals surface area contributed by atoms with Gasteiger partial charge < -0.3 is 14.8 Å². The van der Waals surface area contributed by atoms with Gasteiger partial charge in [0.15, 0.2) is 5.11 Å². The quantitative estimate of drug-likeness (QED) is 0.273. The average Bonchev–Trinajstić information content (AvgIpc) is 3.39. The van der Waals surface area contributed by atoms with Crippen molar-refractivity contribution in [2.24, 2.45) is 0 Å². The molecule has 5 aromatic rings. The Labute approximate surface area is 217 Å². The van der Waals surface area contributed by atoms with Gasteiger partial charge in [-0.1, -0.05) is 54.6 Å². The highest BCUT2D eigenvalue weighted by Gasteiger charge is 2.42. The van der Waals surface area contributed by atoms with Crippen LogP contribution in [0.5, 0.6) is 0 Å². The number of aromatic nitrogens is 2. The van der Waals surface area contributed by atoms with Gasteiger partial charge in [0.1, 0.15) is 0 Å². The summed E-state index contributed by atoms with van der Waals surface area (Å²) in [5, 5.41) is 6.79. The molecule has 1 aliphatic rings. The summed E-state index contributed by atoms with van der Waals surface area (Å²) in [6.45, 7) is 6.52. The van der Waals surface area contributed by atoms with Gasteiger partial charge in [0.05, 0.1) is 23.5 Å². The van der Waals surface area contributed by atoms with Gasteiger partial charge in [0.2, 0.25) is 0 Å². The molecule has 3 aromatic carbocycles. The van der Waals surface area contributed by atoms with Gasteiger partial charge in [-0.05, 0) is 85.9 Å². The lowest BCUT2D eigenvalue weighted by molar-refractivity contribution is 0.565. The Bertz CT molecular complexity index is 1580. The average molecular weight is 489 g/mol. The van der Waals surface area contributed by atoms with Crippen molar-refractivity contribution >= 4 is 33.8 Å². The zero-order chi connectivity index (χ0) is 24.8.